The number of amides is 2. The van der Waals surface area contributed by atoms with E-state index in [0.29, 0.717) is 37.1 Å². The fourth-order valence-corrected chi connectivity index (χ4v) is 8.86. The zero-order valence-corrected chi connectivity index (χ0v) is 28.9. The number of carbonyl (C=O) groups excluding carboxylic acids is 3. The third-order valence-electron chi connectivity index (χ3n) is 10.1. The number of piperidine rings is 2. The van der Waals surface area contributed by atoms with Crippen molar-refractivity contribution in [1.82, 2.24) is 24.3 Å². The summed E-state index contributed by atoms with van der Waals surface area (Å²) in [7, 11) is 0. The standard InChI is InChI=1S/C37H42FN5O4S/c1-21(2)31-34(48-20-40-31)27-17-24(38)7-9-29(27)42-19-28(26-10-13-39-18-30(26)42)33(44)22-11-14-41(15-12-22)35(45)32-23-6-8-25(16-23)43(32)36(46)47-37(3,4)5/h7,9-10,13,17-23,25,32H,6,8,11-12,14-16H2,1-5H3/t23-,25+,32-/m0/s1. The van der Waals surface area contributed by atoms with E-state index < -0.39 is 17.7 Å². The van der Waals surface area contributed by atoms with E-state index >= 15 is 0 Å². The molecule has 11 heteroatoms. The van der Waals surface area contributed by atoms with Crippen LogP contribution in [0.1, 0.15) is 88.7 Å². The van der Waals surface area contributed by atoms with Gasteiger partial charge in [-0.05, 0) is 89.0 Å². The van der Waals surface area contributed by atoms with Crippen LogP contribution in [0.15, 0.2) is 48.4 Å². The molecule has 0 spiro atoms. The number of ether oxygens (including phenoxy) is 1. The number of thiazole rings is 1. The first-order valence-corrected chi connectivity index (χ1v) is 17.8. The highest BCUT2D eigenvalue weighted by Gasteiger charge is 2.53. The fourth-order valence-electron chi connectivity index (χ4n) is 7.89. The molecule has 3 aromatic heterocycles. The van der Waals surface area contributed by atoms with Gasteiger partial charge < -0.3 is 14.2 Å². The molecule has 252 valence electrons. The summed E-state index contributed by atoms with van der Waals surface area (Å²) in [6.07, 6.45) is 8.61. The Labute approximate surface area is 284 Å². The number of likely N-dealkylation sites (tertiary alicyclic amines) is 2. The lowest BCUT2D eigenvalue weighted by molar-refractivity contribution is -0.139. The normalized spacial score (nSPS) is 21.4. The molecule has 9 nitrogen and oxygen atoms in total. The second-order valence-electron chi connectivity index (χ2n) is 14.7. The van der Waals surface area contributed by atoms with Crippen molar-refractivity contribution in [3.63, 3.8) is 0 Å². The van der Waals surface area contributed by atoms with Crippen LogP contribution in [0.4, 0.5) is 9.18 Å². The highest BCUT2D eigenvalue weighted by molar-refractivity contribution is 7.13. The quantitative estimate of drug-likeness (QED) is 0.196. The molecule has 1 aliphatic carbocycles. The number of pyridine rings is 1. The van der Waals surface area contributed by atoms with E-state index in [1.54, 1.807) is 28.9 Å². The minimum Gasteiger partial charge on any atom is -0.444 e. The van der Waals surface area contributed by atoms with Gasteiger partial charge in [0.15, 0.2) is 5.78 Å². The molecule has 48 heavy (non-hydrogen) atoms. The molecule has 2 aliphatic heterocycles. The van der Waals surface area contributed by atoms with Crippen molar-refractivity contribution in [2.45, 2.75) is 90.3 Å². The lowest BCUT2D eigenvalue weighted by Crippen LogP contribution is -2.56. The minimum atomic E-state index is -0.638. The van der Waals surface area contributed by atoms with Crippen molar-refractivity contribution in [1.29, 1.82) is 0 Å². The van der Waals surface area contributed by atoms with E-state index in [1.807, 2.05) is 42.5 Å². The average Bonchev–Trinajstić information content (AvgIpc) is 3.86. The first-order chi connectivity index (χ1) is 22.9. The van der Waals surface area contributed by atoms with Crippen molar-refractivity contribution in [2.75, 3.05) is 13.1 Å². The Morgan fingerprint density at radius 1 is 1.06 bits per heavy atom. The molecule has 2 saturated heterocycles. The summed E-state index contributed by atoms with van der Waals surface area (Å²) >= 11 is 1.47. The molecule has 3 aliphatic rings. The van der Waals surface area contributed by atoms with Gasteiger partial charge in [-0.15, -0.1) is 11.3 Å². The molecule has 1 aromatic carbocycles. The van der Waals surface area contributed by atoms with Gasteiger partial charge in [-0.1, -0.05) is 13.8 Å². The summed E-state index contributed by atoms with van der Waals surface area (Å²) in [6.45, 7) is 10.6. The fraction of sp³-hybridized carbons (Fsp3) is 0.486. The zero-order valence-electron chi connectivity index (χ0n) is 28.1. The number of hydrogen-bond acceptors (Lipinski definition) is 7. The number of hydrogen-bond donors (Lipinski definition) is 0. The number of fused-ring (bicyclic) bond motifs is 3. The summed E-state index contributed by atoms with van der Waals surface area (Å²) < 4.78 is 22.3. The summed E-state index contributed by atoms with van der Waals surface area (Å²) in [6, 6.07) is 6.11. The number of Topliss-reactive ketones (excluding diaryl/α,β-unsaturated/α-hetero) is 1. The predicted molar refractivity (Wildman–Crippen MR) is 183 cm³/mol. The first-order valence-electron chi connectivity index (χ1n) is 16.9. The lowest BCUT2D eigenvalue weighted by Gasteiger charge is -2.39. The van der Waals surface area contributed by atoms with E-state index in [9.17, 15) is 18.8 Å². The van der Waals surface area contributed by atoms with Gasteiger partial charge in [-0.2, -0.15) is 0 Å². The Kier molecular flexibility index (Phi) is 8.38. The van der Waals surface area contributed by atoms with Gasteiger partial charge in [-0.25, -0.2) is 14.2 Å². The molecular formula is C37H42FN5O4S. The summed E-state index contributed by atoms with van der Waals surface area (Å²) in [4.78, 5) is 54.7. The first kappa shape index (κ1) is 32.4. The maximum atomic E-state index is 14.7. The monoisotopic (exact) mass is 671 g/mol. The van der Waals surface area contributed by atoms with E-state index in [0.717, 1.165) is 46.4 Å². The Hall–Kier alpha value is -4.12. The van der Waals surface area contributed by atoms with Crippen LogP contribution in [0.5, 0.6) is 0 Å². The van der Waals surface area contributed by atoms with Gasteiger partial charge >= 0.3 is 6.09 Å². The number of carbonyl (C=O) groups is 3. The highest BCUT2D eigenvalue weighted by Crippen LogP contribution is 2.44. The number of nitrogens with zero attached hydrogens (tertiary/aromatic N) is 5. The number of aromatic nitrogens is 3. The summed E-state index contributed by atoms with van der Waals surface area (Å²) in [5.41, 5.74) is 4.86. The largest absolute Gasteiger partial charge is 0.444 e. The molecule has 3 fully saturated rings. The van der Waals surface area contributed by atoms with Crippen LogP contribution in [0.25, 0.3) is 27.0 Å². The Morgan fingerprint density at radius 3 is 2.56 bits per heavy atom. The van der Waals surface area contributed by atoms with E-state index in [1.165, 1.54) is 23.5 Å². The van der Waals surface area contributed by atoms with Crippen LogP contribution < -0.4 is 0 Å². The molecule has 2 bridgehead atoms. The van der Waals surface area contributed by atoms with Gasteiger partial charge in [0, 0.05) is 54.0 Å². The Morgan fingerprint density at radius 2 is 1.83 bits per heavy atom. The van der Waals surface area contributed by atoms with Crippen LogP contribution in [0.3, 0.4) is 0 Å². The number of halogens is 1. The Bertz CT molecular complexity index is 1890. The molecular weight excluding hydrogens is 630 g/mol. The molecule has 2 amide bonds. The molecule has 3 atom stereocenters. The van der Waals surface area contributed by atoms with Gasteiger partial charge in [0.05, 0.1) is 33.5 Å². The van der Waals surface area contributed by atoms with Crippen LogP contribution in [-0.2, 0) is 9.53 Å². The van der Waals surface area contributed by atoms with E-state index in [4.69, 9.17) is 4.74 Å². The maximum Gasteiger partial charge on any atom is 0.411 e. The smallest absolute Gasteiger partial charge is 0.411 e. The van der Waals surface area contributed by atoms with Crippen LogP contribution >= 0.6 is 11.3 Å². The molecule has 0 N–H and O–H groups in total. The van der Waals surface area contributed by atoms with Gasteiger partial charge in [-0.3, -0.25) is 19.5 Å². The molecule has 0 unspecified atom stereocenters. The van der Waals surface area contributed by atoms with Crippen LogP contribution in [-0.4, -0.2) is 72.9 Å². The summed E-state index contributed by atoms with van der Waals surface area (Å²) in [5, 5.41) is 0.784. The maximum absolute atomic E-state index is 14.7. The lowest BCUT2D eigenvalue weighted by atomic mass is 9.88. The van der Waals surface area contributed by atoms with Crippen molar-refractivity contribution < 1.29 is 23.5 Å². The van der Waals surface area contributed by atoms with Crippen molar-refractivity contribution in [2.24, 2.45) is 11.8 Å². The third-order valence-corrected chi connectivity index (χ3v) is 11.0. The Balaban J connectivity index is 1.13. The number of benzene rings is 1. The minimum absolute atomic E-state index is 0.0247. The zero-order chi connectivity index (χ0) is 33.9. The van der Waals surface area contributed by atoms with Gasteiger partial charge in [0.2, 0.25) is 5.91 Å². The van der Waals surface area contributed by atoms with Crippen molar-refractivity contribution in [3.8, 4) is 16.1 Å². The topological polar surface area (TPSA) is 97.6 Å². The van der Waals surface area contributed by atoms with Crippen LogP contribution in [0.2, 0.25) is 0 Å². The van der Waals surface area contributed by atoms with Crippen molar-refractivity contribution >= 4 is 40.0 Å². The third kappa shape index (κ3) is 5.80. The van der Waals surface area contributed by atoms with Crippen LogP contribution in [0, 0.1) is 17.7 Å². The van der Waals surface area contributed by atoms with Gasteiger partial charge in [0.1, 0.15) is 17.5 Å². The number of rotatable bonds is 6. The van der Waals surface area contributed by atoms with Crippen molar-refractivity contribution in [3.05, 3.63) is 65.4 Å². The molecule has 0 radical (unpaired) electrons. The molecule has 5 heterocycles. The second kappa shape index (κ2) is 12.4. The average molecular weight is 672 g/mol. The number of ketones is 1. The molecule has 4 aromatic rings. The predicted octanol–water partition coefficient (Wildman–Crippen LogP) is 7.62. The molecule has 1 saturated carbocycles. The summed E-state index contributed by atoms with van der Waals surface area (Å²) in [5.74, 6) is -0.309. The molecule has 7 rings (SSSR count). The second-order valence-corrected chi connectivity index (χ2v) is 15.6. The van der Waals surface area contributed by atoms with E-state index in [-0.39, 0.29) is 41.3 Å². The van der Waals surface area contributed by atoms with E-state index in [2.05, 4.69) is 23.8 Å². The highest BCUT2D eigenvalue weighted by atomic mass is 32.1. The van der Waals surface area contributed by atoms with Gasteiger partial charge in [0.25, 0.3) is 0 Å². The SMILES string of the molecule is CC(C)c1ncsc1-c1cc(F)ccc1-n1cc(C(=O)C2CCN(C(=O)[C@@H]3[C@H]4CC[C@H](C4)N3C(=O)OC(C)(C)C)CC2)c2ccncc21.